The van der Waals surface area contributed by atoms with Crippen molar-refractivity contribution in [2.75, 3.05) is 17.3 Å². The molecule has 1 aromatic carbocycles. The predicted molar refractivity (Wildman–Crippen MR) is 90.3 cm³/mol. The summed E-state index contributed by atoms with van der Waals surface area (Å²) in [6.07, 6.45) is 2.82. The molecule has 4 rings (SSSR count). The number of anilines is 2. The highest BCUT2D eigenvalue weighted by molar-refractivity contribution is 6.15. The lowest BCUT2D eigenvalue weighted by molar-refractivity contribution is -0.126. The Bertz CT molecular complexity index is 964. The first-order valence-electron chi connectivity index (χ1n) is 7.73. The Kier molecular flexibility index (Phi) is 3.30. The quantitative estimate of drug-likeness (QED) is 0.684. The zero-order chi connectivity index (χ0) is 16.7. The molecule has 0 atom stereocenters. The number of para-hydroxylation sites is 1. The van der Waals surface area contributed by atoms with E-state index in [2.05, 4.69) is 25.7 Å². The van der Waals surface area contributed by atoms with Crippen LogP contribution < -0.4 is 10.7 Å². The van der Waals surface area contributed by atoms with Crippen molar-refractivity contribution in [2.45, 2.75) is 19.8 Å². The van der Waals surface area contributed by atoms with Gasteiger partial charge in [-0.3, -0.25) is 20.0 Å². The normalized spacial score (nSPS) is 14.5. The smallest absolute Gasteiger partial charge is 0.241 e. The third-order valence-electron chi connectivity index (χ3n) is 4.05. The van der Waals surface area contributed by atoms with Gasteiger partial charge in [-0.25, -0.2) is 9.97 Å². The van der Waals surface area contributed by atoms with Gasteiger partial charge in [-0.05, 0) is 12.5 Å². The number of hydrogen-bond acceptors (Lipinski definition) is 5. The van der Waals surface area contributed by atoms with Gasteiger partial charge < -0.3 is 10.3 Å². The van der Waals surface area contributed by atoms with Crippen LogP contribution in [0.3, 0.4) is 0 Å². The number of hydrazine groups is 1. The second-order valence-corrected chi connectivity index (χ2v) is 5.74. The number of rotatable bonds is 3. The molecule has 3 heterocycles. The van der Waals surface area contributed by atoms with Crippen molar-refractivity contribution in [3.05, 3.63) is 24.5 Å². The maximum Gasteiger partial charge on any atom is 0.241 e. The zero-order valence-electron chi connectivity index (χ0n) is 13.1. The summed E-state index contributed by atoms with van der Waals surface area (Å²) in [4.78, 5) is 35.0. The number of aromatic amines is 1. The van der Waals surface area contributed by atoms with Crippen molar-refractivity contribution in [1.82, 2.24) is 20.0 Å². The summed E-state index contributed by atoms with van der Waals surface area (Å²) in [7, 11) is 0. The first kappa shape index (κ1) is 14.4. The number of aromatic nitrogens is 3. The van der Waals surface area contributed by atoms with Gasteiger partial charge in [0.2, 0.25) is 11.8 Å². The third kappa shape index (κ3) is 2.32. The third-order valence-corrected chi connectivity index (χ3v) is 4.05. The molecule has 1 fully saturated rings. The molecule has 1 saturated heterocycles. The highest BCUT2D eigenvalue weighted by Crippen LogP contribution is 2.33. The second-order valence-electron chi connectivity index (χ2n) is 5.74. The molecule has 3 N–H and O–H groups in total. The number of carbonyl (C=O) groups is 2. The van der Waals surface area contributed by atoms with E-state index in [4.69, 9.17) is 0 Å². The molecule has 0 radical (unpaired) electrons. The van der Waals surface area contributed by atoms with E-state index in [0.717, 1.165) is 22.7 Å². The summed E-state index contributed by atoms with van der Waals surface area (Å²) >= 11 is 0. The lowest BCUT2D eigenvalue weighted by Crippen LogP contribution is -2.31. The number of fused-ring (bicyclic) bond motifs is 3. The van der Waals surface area contributed by atoms with E-state index in [1.54, 1.807) is 5.01 Å². The van der Waals surface area contributed by atoms with Gasteiger partial charge in [-0.15, -0.1) is 0 Å². The van der Waals surface area contributed by atoms with Crippen LogP contribution in [0.5, 0.6) is 0 Å². The monoisotopic (exact) mass is 324 g/mol. The fraction of sp³-hybridized carbons (Fsp3) is 0.250. The molecule has 0 bridgehead atoms. The van der Waals surface area contributed by atoms with Crippen LogP contribution in [0.4, 0.5) is 11.5 Å². The Hall–Kier alpha value is -3.16. The molecule has 3 aromatic rings. The summed E-state index contributed by atoms with van der Waals surface area (Å²) < 4.78 is 0. The minimum atomic E-state index is -0.145. The molecule has 0 aliphatic carbocycles. The first-order chi connectivity index (χ1) is 11.6. The van der Waals surface area contributed by atoms with Gasteiger partial charge in [0, 0.05) is 25.3 Å². The molecule has 2 amide bonds. The molecule has 1 aliphatic rings. The van der Waals surface area contributed by atoms with Crippen molar-refractivity contribution in [3.8, 4) is 0 Å². The zero-order valence-corrected chi connectivity index (χ0v) is 13.1. The van der Waals surface area contributed by atoms with E-state index in [-0.39, 0.29) is 11.8 Å². The van der Waals surface area contributed by atoms with Crippen LogP contribution in [0.1, 0.15) is 19.8 Å². The van der Waals surface area contributed by atoms with Crippen LogP contribution in [0.15, 0.2) is 24.5 Å². The maximum atomic E-state index is 11.9. The molecule has 1 aliphatic heterocycles. The van der Waals surface area contributed by atoms with Crippen LogP contribution in [-0.2, 0) is 9.59 Å². The Morgan fingerprint density at radius 1 is 1.33 bits per heavy atom. The van der Waals surface area contributed by atoms with Crippen molar-refractivity contribution in [2.24, 2.45) is 0 Å². The van der Waals surface area contributed by atoms with Gasteiger partial charge in [0.25, 0.3) is 0 Å². The maximum absolute atomic E-state index is 11.9. The molecule has 24 heavy (non-hydrogen) atoms. The van der Waals surface area contributed by atoms with Crippen LogP contribution in [-0.4, -0.2) is 38.3 Å². The van der Waals surface area contributed by atoms with Gasteiger partial charge in [0.15, 0.2) is 5.82 Å². The summed E-state index contributed by atoms with van der Waals surface area (Å²) in [5.74, 6) is 0.482. The number of amides is 2. The number of hydrogen-bond donors (Lipinski definition) is 3. The molecule has 0 saturated carbocycles. The number of benzene rings is 1. The SMILES string of the molecule is CC(=O)Nc1cccc2c1[nH]c1ncnc(NN3CCCC3=O)c12. The average Bonchev–Trinajstić information content (AvgIpc) is 3.12. The largest absolute Gasteiger partial charge is 0.337 e. The van der Waals surface area contributed by atoms with Gasteiger partial charge in [-0.2, -0.15) is 0 Å². The predicted octanol–water partition coefficient (Wildman–Crippen LogP) is 2.02. The standard InChI is InChI=1S/C16H16N6O2/c1-9(23)19-11-5-2-4-10-13-15(20-14(10)11)17-8-18-16(13)21-22-7-3-6-12(22)24/h2,4-5,8H,3,6-7H2,1H3,(H,19,23)(H2,17,18,20,21). The van der Waals surface area contributed by atoms with Crippen molar-refractivity contribution in [1.29, 1.82) is 0 Å². The van der Waals surface area contributed by atoms with Crippen LogP contribution in [0, 0.1) is 0 Å². The van der Waals surface area contributed by atoms with Crippen molar-refractivity contribution in [3.63, 3.8) is 0 Å². The fourth-order valence-corrected chi connectivity index (χ4v) is 3.02. The molecular formula is C16H16N6O2. The van der Waals surface area contributed by atoms with Crippen LogP contribution in [0.25, 0.3) is 21.9 Å². The summed E-state index contributed by atoms with van der Waals surface area (Å²) in [6.45, 7) is 2.12. The summed E-state index contributed by atoms with van der Waals surface area (Å²) in [6, 6.07) is 5.61. The highest BCUT2D eigenvalue weighted by Gasteiger charge is 2.22. The molecule has 8 heteroatoms. The van der Waals surface area contributed by atoms with E-state index in [9.17, 15) is 9.59 Å². The van der Waals surface area contributed by atoms with Gasteiger partial charge in [0.1, 0.15) is 12.0 Å². The molecule has 2 aromatic heterocycles. The van der Waals surface area contributed by atoms with Crippen LogP contribution >= 0.6 is 0 Å². The van der Waals surface area contributed by atoms with Crippen molar-refractivity contribution < 1.29 is 9.59 Å². The molecule has 8 nitrogen and oxygen atoms in total. The number of nitrogens with zero attached hydrogens (tertiary/aromatic N) is 3. The first-order valence-corrected chi connectivity index (χ1v) is 7.73. The molecular weight excluding hydrogens is 308 g/mol. The highest BCUT2D eigenvalue weighted by atomic mass is 16.2. The minimum absolute atomic E-state index is 0.0561. The van der Waals surface area contributed by atoms with Gasteiger partial charge >= 0.3 is 0 Å². The van der Waals surface area contributed by atoms with E-state index in [1.807, 2.05) is 18.2 Å². The van der Waals surface area contributed by atoms with Gasteiger partial charge in [0.05, 0.1) is 16.6 Å². The van der Waals surface area contributed by atoms with E-state index < -0.39 is 0 Å². The number of nitrogens with one attached hydrogen (secondary N) is 3. The Morgan fingerprint density at radius 3 is 2.96 bits per heavy atom. The van der Waals surface area contributed by atoms with Gasteiger partial charge in [-0.1, -0.05) is 12.1 Å². The fourth-order valence-electron chi connectivity index (χ4n) is 3.02. The Balaban J connectivity index is 1.86. The summed E-state index contributed by atoms with van der Waals surface area (Å²) in [5.41, 5.74) is 5.20. The van der Waals surface area contributed by atoms with E-state index >= 15 is 0 Å². The second kappa shape index (κ2) is 5.48. The van der Waals surface area contributed by atoms with Crippen LogP contribution in [0.2, 0.25) is 0 Å². The lowest BCUT2D eigenvalue weighted by Gasteiger charge is -2.17. The topological polar surface area (TPSA) is 103 Å². The Morgan fingerprint density at radius 2 is 2.21 bits per heavy atom. The molecule has 122 valence electrons. The average molecular weight is 324 g/mol. The minimum Gasteiger partial charge on any atom is -0.337 e. The summed E-state index contributed by atoms with van der Waals surface area (Å²) in [5, 5.41) is 6.06. The molecule has 0 spiro atoms. The van der Waals surface area contributed by atoms with Crippen molar-refractivity contribution >= 4 is 45.3 Å². The number of carbonyl (C=O) groups excluding carboxylic acids is 2. The Labute approximate surface area is 137 Å². The van der Waals surface area contributed by atoms with E-state index in [0.29, 0.717) is 30.1 Å². The lowest BCUT2D eigenvalue weighted by atomic mass is 10.2. The van der Waals surface area contributed by atoms with E-state index in [1.165, 1.54) is 13.3 Å². The number of H-pyrrole nitrogens is 1. The molecule has 0 unspecified atom stereocenters.